The Kier molecular flexibility index (Phi) is 6.30. The topological polar surface area (TPSA) is 130 Å². The molecule has 4 rings (SSSR count). The molecule has 9 nitrogen and oxygen atoms in total. The average molecular weight is 456 g/mol. The number of rotatable bonds is 2. The summed E-state index contributed by atoms with van der Waals surface area (Å²) in [5.74, 6) is -3.59. The molecule has 1 unspecified atom stereocenters. The number of carboxylic acid groups (broad SMARTS) is 1. The zero-order valence-corrected chi connectivity index (χ0v) is 16.1. The Morgan fingerprint density at radius 1 is 1.16 bits per heavy atom. The molecule has 0 aliphatic carbocycles. The van der Waals surface area contributed by atoms with Crippen LogP contribution in [0.5, 0.6) is 5.88 Å². The highest BCUT2D eigenvalue weighted by atomic mass is 19.4. The summed E-state index contributed by atoms with van der Waals surface area (Å²) < 4.78 is 50.5. The fourth-order valence-corrected chi connectivity index (χ4v) is 2.89. The number of nitrogens with zero attached hydrogens (tertiary/aromatic N) is 1. The molecule has 0 saturated carbocycles. The first kappa shape index (κ1) is 22.9. The molecule has 1 fully saturated rings. The van der Waals surface area contributed by atoms with Gasteiger partial charge in [0.2, 0.25) is 11.5 Å². The maximum absolute atomic E-state index is 12.9. The number of halogens is 4. The van der Waals surface area contributed by atoms with Gasteiger partial charge in [-0.25, -0.2) is 14.2 Å². The summed E-state index contributed by atoms with van der Waals surface area (Å²) in [6, 6.07) is 8.50. The lowest BCUT2D eigenvalue weighted by Crippen LogP contribution is -2.52. The van der Waals surface area contributed by atoms with Gasteiger partial charge in [-0.1, -0.05) is 0 Å². The van der Waals surface area contributed by atoms with E-state index in [4.69, 9.17) is 14.6 Å². The van der Waals surface area contributed by atoms with Gasteiger partial charge in [0.25, 0.3) is 11.8 Å². The predicted molar refractivity (Wildman–Crippen MR) is 102 cm³/mol. The molecule has 1 atom stereocenters. The fraction of sp³-hybridized carbons (Fsp3) is 0.263. The van der Waals surface area contributed by atoms with Crippen molar-refractivity contribution in [1.29, 1.82) is 0 Å². The van der Waals surface area contributed by atoms with E-state index < -0.39 is 23.7 Å². The summed E-state index contributed by atoms with van der Waals surface area (Å²) in [7, 11) is 0. The summed E-state index contributed by atoms with van der Waals surface area (Å²) in [6.07, 6.45) is -4.55. The van der Waals surface area contributed by atoms with E-state index in [1.807, 2.05) is 0 Å². The van der Waals surface area contributed by atoms with Gasteiger partial charge in [0.1, 0.15) is 17.2 Å². The summed E-state index contributed by atoms with van der Waals surface area (Å²) in [6.45, 7) is 1.07. The van der Waals surface area contributed by atoms with Crippen molar-refractivity contribution in [2.24, 2.45) is 0 Å². The third-order valence-electron chi connectivity index (χ3n) is 4.51. The van der Waals surface area contributed by atoms with Crippen LogP contribution < -0.4 is 20.7 Å². The Morgan fingerprint density at radius 3 is 2.38 bits per heavy atom. The Labute approximate surface area is 177 Å². The highest BCUT2D eigenvalue weighted by Gasteiger charge is 2.47. The molecular weight excluding hydrogens is 440 g/mol. The molecule has 2 amide bonds. The summed E-state index contributed by atoms with van der Waals surface area (Å²) in [5.41, 5.74) is 0.0456. The Hall–Kier alpha value is -3.74. The van der Waals surface area contributed by atoms with Crippen LogP contribution in [-0.4, -0.2) is 52.7 Å². The number of aromatic nitrogens is 1. The number of pyridine rings is 1. The number of amides is 2. The summed E-state index contributed by atoms with van der Waals surface area (Å²) in [4.78, 5) is 37.7. The number of benzene rings is 1. The van der Waals surface area contributed by atoms with Crippen molar-refractivity contribution in [2.75, 3.05) is 23.7 Å². The molecule has 170 valence electrons. The van der Waals surface area contributed by atoms with Crippen LogP contribution in [0.1, 0.15) is 16.9 Å². The number of hydrogen-bond acceptors (Lipinski definition) is 6. The van der Waals surface area contributed by atoms with Gasteiger partial charge in [0.05, 0.1) is 0 Å². The molecule has 2 aliphatic rings. The van der Waals surface area contributed by atoms with Crippen molar-refractivity contribution >= 4 is 29.2 Å². The Morgan fingerprint density at radius 2 is 1.81 bits per heavy atom. The fourth-order valence-electron chi connectivity index (χ4n) is 2.89. The number of carboxylic acids is 1. The zero-order chi connectivity index (χ0) is 23.5. The van der Waals surface area contributed by atoms with Crippen molar-refractivity contribution in [3.63, 3.8) is 0 Å². The number of nitrogens with one attached hydrogen (secondary N) is 3. The molecular formula is C19H16F4N4O5. The molecule has 2 aromatic rings. The molecule has 1 spiro atoms. The first-order valence-electron chi connectivity index (χ1n) is 9.09. The van der Waals surface area contributed by atoms with E-state index in [1.54, 1.807) is 6.07 Å². The van der Waals surface area contributed by atoms with Crippen LogP contribution in [0.4, 0.5) is 28.9 Å². The number of carbonyl (C=O) groups is 3. The van der Waals surface area contributed by atoms with Gasteiger partial charge in [-0.3, -0.25) is 9.59 Å². The maximum Gasteiger partial charge on any atom is 0.490 e. The van der Waals surface area contributed by atoms with E-state index in [2.05, 4.69) is 20.9 Å². The highest BCUT2D eigenvalue weighted by molar-refractivity contribution is 6.04. The number of carbonyl (C=O) groups excluding carboxylic acids is 2. The van der Waals surface area contributed by atoms with E-state index in [0.29, 0.717) is 30.9 Å². The molecule has 3 heterocycles. The number of hydrogen-bond donors (Lipinski definition) is 4. The van der Waals surface area contributed by atoms with E-state index in [9.17, 15) is 27.2 Å². The molecule has 1 aromatic heterocycles. The predicted octanol–water partition coefficient (Wildman–Crippen LogP) is 2.17. The molecule has 1 aromatic carbocycles. The van der Waals surface area contributed by atoms with Crippen LogP contribution >= 0.6 is 0 Å². The van der Waals surface area contributed by atoms with E-state index in [1.165, 1.54) is 30.3 Å². The minimum absolute atomic E-state index is 0.139. The second-order valence-corrected chi connectivity index (χ2v) is 6.79. The molecule has 4 N–H and O–H groups in total. The Balaban J connectivity index is 0.000000360. The van der Waals surface area contributed by atoms with Crippen LogP contribution in [0.2, 0.25) is 0 Å². The average Bonchev–Trinajstić information content (AvgIpc) is 3.19. The van der Waals surface area contributed by atoms with Crippen LogP contribution in [0, 0.1) is 5.82 Å². The molecule has 32 heavy (non-hydrogen) atoms. The third kappa shape index (κ3) is 5.11. The van der Waals surface area contributed by atoms with E-state index in [-0.39, 0.29) is 23.3 Å². The van der Waals surface area contributed by atoms with Crippen molar-refractivity contribution in [2.45, 2.75) is 18.2 Å². The summed E-state index contributed by atoms with van der Waals surface area (Å²) in [5, 5.41) is 15.6. The largest absolute Gasteiger partial charge is 0.490 e. The van der Waals surface area contributed by atoms with E-state index in [0.717, 1.165) is 0 Å². The molecule has 2 aliphatic heterocycles. The number of fused-ring (bicyclic) bond motifs is 1. The van der Waals surface area contributed by atoms with Crippen molar-refractivity contribution in [3.05, 3.63) is 47.9 Å². The molecule has 0 radical (unpaired) electrons. The smallest absolute Gasteiger partial charge is 0.475 e. The second-order valence-electron chi connectivity index (χ2n) is 6.79. The van der Waals surface area contributed by atoms with Gasteiger partial charge in [-0.2, -0.15) is 13.2 Å². The second kappa shape index (κ2) is 8.78. The first-order valence-corrected chi connectivity index (χ1v) is 9.09. The van der Waals surface area contributed by atoms with Gasteiger partial charge in [-0.05, 0) is 42.9 Å². The Bertz CT molecular complexity index is 1040. The monoisotopic (exact) mass is 456 g/mol. The minimum atomic E-state index is -5.08. The molecule has 0 bridgehead atoms. The van der Waals surface area contributed by atoms with Crippen molar-refractivity contribution in [3.8, 4) is 5.88 Å². The number of ether oxygens (including phenoxy) is 1. The van der Waals surface area contributed by atoms with Gasteiger partial charge in [-0.15, -0.1) is 0 Å². The van der Waals surface area contributed by atoms with Gasteiger partial charge < -0.3 is 25.8 Å². The van der Waals surface area contributed by atoms with Gasteiger partial charge in [0.15, 0.2) is 0 Å². The molecule has 1 saturated heterocycles. The lowest BCUT2D eigenvalue weighted by Gasteiger charge is -2.32. The lowest BCUT2D eigenvalue weighted by molar-refractivity contribution is -0.192. The van der Waals surface area contributed by atoms with Gasteiger partial charge in [0, 0.05) is 18.7 Å². The quantitative estimate of drug-likeness (QED) is 0.510. The van der Waals surface area contributed by atoms with Crippen LogP contribution in [0.25, 0.3) is 0 Å². The number of alkyl halides is 3. The minimum Gasteiger partial charge on any atom is -0.475 e. The zero-order valence-electron chi connectivity index (χ0n) is 16.1. The third-order valence-corrected chi connectivity index (χ3v) is 4.51. The standard InChI is InChI=1S/C17H15FN4O3.C2HF3O2/c18-10-1-3-11(4-2-10)20-14(23)12-5-6-13-15(21-12)25-17(16(24)22-13)7-8-19-9-17;3-2(4,5)1(6)7/h1-6,19H,7-9H2,(H,20,23)(H,22,24);(H,6,7). The lowest BCUT2D eigenvalue weighted by atomic mass is 10.0. The van der Waals surface area contributed by atoms with Crippen LogP contribution in [0.15, 0.2) is 36.4 Å². The van der Waals surface area contributed by atoms with Crippen LogP contribution in [-0.2, 0) is 9.59 Å². The van der Waals surface area contributed by atoms with Crippen molar-refractivity contribution < 1.29 is 41.8 Å². The van der Waals surface area contributed by atoms with Gasteiger partial charge >= 0.3 is 12.1 Å². The van der Waals surface area contributed by atoms with Crippen molar-refractivity contribution in [1.82, 2.24) is 10.3 Å². The summed E-state index contributed by atoms with van der Waals surface area (Å²) >= 11 is 0. The number of anilines is 2. The SMILES string of the molecule is O=C(Nc1ccc(F)cc1)c1ccc2c(n1)OC1(CCNC1)C(=O)N2.O=C(O)C(F)(F)F. The van der Waals surface area contributed by atoms with Crippen LogP contribution in [0.3, 0.4) is 0 Å². The maximum atomic E-state index is 12.9. The molecule has 13 heteroatoms. The number of aliphatic carboxylic acids is 1. The highest BCUT2D eigenvalue weighted by Crippen LogP contribution is 2.35. The van der Waals surface area contributed by atoms with E-state index >= 15 is 0 Å². The normalized spacial score (nSPS) is 19.2. The first-order chi connectivity index (χ1) is 15.0.